The van der Waals surface area contributed by atoms with Gasteiger partial charge in [0, 0.05) is 31.2 Å². The van der Waals surface area contributed by atoms with E-state index in [0.29, 0.717) is 0 Å². The molecule has 1 atom stereocenters. The van der Waals surface area contributed by atoms with Crippen LogP contribution in [-0.4, -0.2) is 24.6 Å². The van der Waals surface area contributed by atoms with Gasteiger partial charge in [0.15, 0.2) is 0 Å². The van der Waals surface area contributed by atoms with E-state index < -0.39 is 0 Å². The highest BCUT2D eigenvalue weighted by Crippen LogP contribution is 2.30. The van der Waals surface area contributed by atoms with E-state index in [-0.39, 0.29) is 0 Å². The van der Waals surface area contributed by atoms with Gasteiger partial charge in [-0.1, -0.05) is 38.1 Å². The minimum Gasteiger partial charge on any atom is -0.356 e. The lowest BCUT2D eigenvalue weighted by molar-refractivity contribution is 0.659. The highest BCUT2D eigenvalue weighted by molar-refractivity contribution is 5.94. The third-order valence-electron chi connectivity index (χ3n) is 4.32. The zero-order chi connectivity index (χ0) is 14.7. The standard InChI is InChI=1S/C18H25N3/c1-3-9-19-11-15-12-20-18(21-10-8-14(2)13-21)17-7-5-4-6-16(15)17/h4-7,12,14,19H,3,8-11,13H2,1-2H3. The lowest BCUT2D eigenvalue weighted by Gasteiger charge is -2.20. The summed E-state index contributed by atoms with van der Waals surface area (Å²) in [7, 11) is 0. The van der Waals surface area contributed by atoms with Gasteiger partial charge < -0.3 is 10.2 Å². The third-order valence-corrected chi connectivity index (χ3v) is 4.32. The summed E-state index contributed by atoms with van der Waals surface area (Å²) >= 11 is 0. The first-order chi connectivity index (χ1) is 10.3. The summed E-state index contributed by atoms with van der Waals surface area (Å²) < 4.78 is 0. The predicted octanol–water partition coefficient (Wildman–Crippen LogP) is 3.58. The van der Waals surface area contributed by atoms with E-state index in [0.717, 1.165) is 44.3 Å². The van der Waals surface area contributed by atoms with E-state index >= 15 is 0 Å². The molecule has 2 aromatic rings. The van der Waals surface area contributed by atoms with Crippen LogP contribution in [-0.2, 0) is 6.54 Å². The molecule has 3 heteroatoms. The molecule has 1 aromatic heterocycles. The highest BCUT2D eigenvalue weighted by Gasteiger charge is 2.21. The molecule has 0 aliphatic carbocycles. The average Bonchev–Trinajstić information content (AvgIpc) is 2.94. The fourth-order valence-corrected chi connectivity index (χ4v) is 3.16. The van der Waals surface area contributed by atoms with Crippen LogP contribution in [0.5, 0.6) is 0 Å². The Hall–Kier alpha value is -1.61. The quantitative estimate of drug-likeness (QED) is 0.850. The molecule has 0 bridgehead atoms. The minimum atomic E-state index is 0.774. The summed E-state index contributed by atoms with van der Waals surface area (Å²) in [5, 5.41) is 6.12. The van der Waals surface area contributed by atoms with Crippen molar-refractivity contribution in [2.75, 3.05) is 24.5 Å². The van der Waals surface area contributed by atoms with Gasteiger partial charge >= 0.3 is 0 Å². The second-order valence-electron chi connectivity index (χ2n) is 6.17. The van der Waals surface area contributed by atoms with Crippen molar-refractivity contribution < 1.29 is 0 Å². The van der Waals surface area contributed by atoms with Crippen LogP contribution in [0.25, 0.3) is 10.8 Å². The maximum absolute atomic E-state index is 4.79. The Morgan fingerprint density at radius 1 is 1.29 bits per heavy atom. The summed E-state index contributed by atoms with van der Waals surface area (Å²) in [6, 6.07) is 8.69. The minimum absolute atomic E-state index is 0.774. The van der Waals surface area contributed by atoms with E-state index in [4.69, 9.17) is 4.98 Å². The van der Waals surface area contributed by atoms with Crippen LogP contribution in [0.15, 0.2) is 30.5 Å². The number of nitrogens with one attached hydrogen (secondary N) is 1. The normalized spacial score (nSPS) is 18.6. The van der Waals surface area contributed by atoms with Crippen LogP contribution in [0, 0.1) is 5.92 Å². The second kappa shape index (κ2) is 6.44. The monoisotopic (exact) mass is 283 g/mol. The van der Waals surface area contributed by atoms with Gasteiger partial charge in [0.1, 0.15) is 5.82 Å². The van der Waals surface area contributed by atoms with Crippen molar-refractivity contribution in [1.82, 2.24) is 10.3 Å². The van der Waals surface area contributed by atoms with Gasteiger partial charge in [0.25, 0.3) is 0 Å². The molecule has 0 radical (unpaired) electrons. The molecule has 112 valence electrons. The molecule has 0 spiro atoms. The van der Waals surface area contributed by atoms with E-state index in [1.807, 2.05) is 0 Å². The topological polar surface area (TPSA) is 28.2 Å². The predicted molar refractivity (Wildman–Crippen MR) is 89.7 cm³/mol. The van der Waals surface area contributed by atoms with Gasteiger partial charge in [-0.25, -0.2) is 4.98 Å². The molecule has 0 saturated carbocycles. The number of pyridine rings is 1. The molecule has 1 aliphatic rings. The fourth-order valence-electron chi connectivity index (χ4n) is 3.16. The number of benzene rings is 1. The molecule has 3 nitrogen and oxygen atoms in total. The zero-order valence-electron chi connectivity index (χ0n) is 13.1. The van der Waals surface area contributed by atoms with E-state index in [2.05, 4.69) is 54.5 Å². The van der Waals surface area contributed by atoms with Gasteiger partial charge in [0.2, 0.25) is 0 Å². The Morgan fingerprint density at radius 2 is 2.10 bits per heavy atom. The number of aromatic nitrogens is 1. The summed E-state index contributed by atoms with van der Waals surface area (Å²) in [6.07, 6.45) is 4.49. The molecule has 3 rings (SSSR count). The van der Waals surface area contributed by atoms with Crippen molar-refractivity contribution in [2.45, 2.75) is 33.2 Å². The van der Waals surface area contributed by atoms with Crippen molar-refractivity contribution in [1.29, 1.82) is 0 Å². The number of hydrogen-bond acceptors (Lipinski definition) is 3. The van der Waals surface area contributed by atoms with Gasteiger partial charge in [-0.15, -0.1) is 0 Å². The molecule has 1 aromatic carbocycles. The number of rotatable bonds is 5. The van der Waals surface area contributed by atoms with Crippen molar-refractivity contribution in [2.24, 2.45) is 5.92 Å². The lowest BCUT2D eigenvalue weighted by atomic mass is 10.1. The summed E-state index contributed by atoms with van der Waals surface area (Å²) in [6.45, 7) is 8.74. The zero-order valence-corrected chi connectivity index (χ0v) is 13.1. The van der Waals surface area contributed by atoms with Gasteiger partial charge in [0.05, 0.1) is 0 Å². The van der Waals surface area contributed by atoms with Gasteiger partial charge in [-0.3, -0.25) is 0 Å². The van der Waals surface area contributed by atoms with Crippen LogP contribution in [0.1, 0.15) is 32.3 Å². The fraction of sp³-hybridized carbons (Fsp3) is 0.500. The van der Waals surface area contributed by atoms with Crippen LogP contribution >= 0.6 is 0 Å². The Kier molecular flexibility index (Phi) is 4.39. The SMILES string of the molecule is CCCNCc1cnc(N2CCC(C)C2)c2ccccc12. The van der Waals surface area contributed by atoms with Crippen molar-refractivity contribution in [3.05, 3.63) is 36.0 Å². The first-order valence-electron chi connectivity index (χ1n) is 8.12. The smallest absolute Gasteiger partial charge is 0.136 e. The molecule has 2 heterocycles. The van der Waals surface area contributed by atoms with Crippen LogP contribution in [0.3, 0.4) is 0 Å². The number of hydrogen-bond donors (Lipinski definition) is 1. The van der Waals surface area contributed by atoms with Gasteiger partial charge in [-0.2, -0.15) is 0 Å². The Balaban J connectivity index is 1.94. The average molecular weight is 283 g/mol. The third kappa shape index (κ3) is 3.03. The molecule has 21 heavy (non-hydrogen) atoms. The highest BCUT2D eigenvalue weighted by atomic mass is 15.2. The second-order valence-corrected chi connectivity index (χ2v) is 6.17. The first kappa shape index (κ1) is 14.3. The number of anilines is 1. The summed E-state index contributed by atoms with van der Waals surface area (Å²) in [4.78, 5) is 7.23. The van der Waals surface area contributed by atoms with Crippen molar-refractivity contribution in [3.63, 3.8) is 0 Å². The molecule has 1 saturated heterocycles. The summed E-state index contributed by atoms with van der Waals surface area (Å²) in [5.41, 5.74) is 1.30. The largest absolute Gasteiger partial charge is 0.356 e. The van der Waals surface area contributed by atoms with Crippen LogP contribution in [0.2, 0.25) is 0 Å². The van der Waals surface area contributed by atoms with E-state index in [9.17, 15) is 0 Å². The van der Waals surface area contributed by atoms with Crippen molar-refractivity contribution >= 4 is 16.6 Å². The van der Waals surface area contributed by atoms with E-state index in [1.54, 1.807) is 0 Å². The van der Waals surface area contributed by atoms with Crippen molar-refractivity contribution in [3.8, 4) is 0 Å². The Morgan fingerprint density at radius 3 is 2.81 bits per heavy atom. The molecular weight excluding hydrogens is 258 g/mol. The van der Waals surface area contributed by atoms with Gasteiger partial charge in [-0.05, 0) is 36.3 Å². The molecule has 1 aliphatic heterocycles. The number of nitrogens with zero attached hydrogens (tertiary/aromatic N) is 2. The molecule has 0 amide bonds. The van der Waals surface area contributed by atoms with Crippen LogP contribution in [0.4, 0.5) is 5.82 Å². The Labute approximate surface area is 127 Å². The maximum atomic E-state index is 4.79. The lowest BCUT2D eigenvalue weighted by Crippen LogP contribution is -2.21. The first-order valence-corrected chi connectivity index (χ1v) is 8.12. The molecule has 1 unspecified atom stereocenters. The van der Waals surface area contributed by atoms with E-state index in [1.165, 1.54) is 22.8 Å². The molecular formula is C18H25N3. The maximum Gasteiger partial charge on any atom is 0.136 e. The van der Waals surface area contributed by atoms with Crippen LogP contribution < -0.4 is 10.2 Å². The molecule has 1 N–H and O–H groups in total. The Bertz CT molecular complexity index is 608. The molecule has 1 fully saturated rings. The summed E-state index contributed by atoms with van der Waals surface area (Å²) in [5.74, 6) is 1.94. The number of fused-ring (bicyclic) bond motifs is 1.